The van der Waals surface area contributed by atoms with Crippen LogP contribution in [0.2, 0.25) is 0 Å². The zero-order chi connectivity index (χ0) is 21.3. The van der Waals surface area contributed by atoms with Crippen molar-refractivity contribution in [3.63, 3.8) is 0 Å². The zero-order valence-corrected chi connectivity index (χ0v) is 18.0. The van der Waals surface area contributed by atoms with Gasteiger partial charge in [-0.05, 0) is 55.5 Å². The van der Waals surface area contributed by atoms with Gasteiger partial charge in [0, 0.05) is 23.2 Å². The molecule has 1 heterocycles. The Hall–Kier alpha value is -2.78. The molecule has 1 saturated heterocycles. The van der Waals surface area contributed by atoms with E-state index in [0.717, 1.165) is 42.7 Å². The van der Waals surface area contributed by atoms with Crippen LogP contribution in [0.25, 0.3) is 0 Å². The number of ether oxygens (including phenoxy) is 1. The predicted octanol–water partition coefficient (Wildman–Crippen LogP) is 4.80. The summed E-state index contributed by atoms with van der Waals surface area (Å²) in [5.41, 5.74) is 2.15. The number of hydrogen-bond acceptors (Lipinski definition) is 5. The van der Waals surface area contributed by atoms with Gasteiger partial charge in [0.2, 0.25) is 0 Å². The van der Waals surface area contributed by atoms with Crippen LogP contribution in [0.1, 0.15) is 54.1 Å². The van der Waals surface area contributed by atoms with Crippen molar-refractivity contribution in [1.29, 1.82) is 5.26 Å². The lowest BCUT2D eigenvalue weighted by atomic mass is 10.00. The number of nitrogens with zero attached hydrogens (tertiary/aromatic N) is 2. The van der Waals surface area contributed by atoms with E-state index in [1.54, 1.807) is 24.3 Å². The summed E-state index contributed by atoms with van der Waals surface area (Å²) in [4.78, 5) is 27.9. The molecule has 0 saturated carbocycles. The highest BCUT2D eigenvalue weighted by molar-refractivity contribution is 7.98. The van der Waals surface area contributed by atoms with Gasteiger partial charge in [-0.3, -0.25) is 4.79 Å². The molecule has 0 spiro atoms. The van der Waals surface area contributed by atoms with Crippen LogP contribution < -0.4 is 0 Å². The Morgan fingerprint density at radius 3 is 2.67 bits per heavy atom. The highest BCUT2D eigenvalue weighted by Crippen LogP contribution is 2.27. The van der Waals surface area contributed by atoms with Crippen molar-refractivity contribution in [2.24, 2.45) is 0 Å². The number of piperidine rings is 1. The van der Waals surface area contributed by atoms with Crippen LogP contribution in [0.5, 0.6) is 0 Å². The van der Waals surface area contributed by atoms with Gasteiger partial charge in [-0.2, -0.15) is 5.26 Å². The molecule has 1 atom stereocenters. The largest absolute Gasteiger partial charge is 0.452 e. The average molecular weight is 423 g/mol. The van der Waals surface area contributed by atoms with Crippen molar-refractivity contribution < 1.29 is 14.3 Å². The molecule has 0 aromatic heterocycles. The van der Waals surface area contributed by atoms with Crippen molar-refractivity contribution in [3.8, 4) is 6.07 Å². The normalized spacial score (nSPS) is 16.0. The summed E-state index contributed by atoms with van der Waals surface area (Å²) in [6.45, 7) is 2.61. The quantitative estimate of drug-likeness (QED) is 0.474. The van der Waals surface area contributed by atoms with E-state index >= 15 is 0 Å². The van der Waals surface area contributed by atoms with E-state index in [4.69, 9.17) is 10.00 Å². The molecular weight excluding hydrogens is 396 g/mol. The number of carbonyl (C=O) groups excluding carboxylic acids is 2. The van der Waals surface area contributed by atoms with Crippen molar-refractivity contribution >= 4 is 23.6 Å². The molecule has 1 aliphatic rings. The Morgan fingerprint density at radius 2 is 1.93 bits per heavy atom. The van der Waals surface area contributed by atoms with Gasteiger partial charge in [0.1, 0.15) is 0 Å². The number of nitriles is 1. The minimum Gasteiger partial charge on any atom is -0.452 e. The maximum absolute atomic E-state index is 12.7. The van der Waals surface area contributed by atoms with Crippen molar-refractivity contribution in [1.82, 2.24) is 4.90 Å². The summed E-state index contributed by atoms with van der Waals surface area (Å²) in [6, 6.07) is 17.0. The van der Waals surface area contributed by atoms with Crippen LogP contribution >= 0.6 is 11.8 Å². The number of hydrogen-bond donors (Lipinski definition) is 0. The fourth-order valence-corrected chi connectivity index (χ4v) is 4.64. The molecule has 3 rings (SSSR count). The number of benzene rings is 2. The molecule has 0 aliphatic carbocycles. The molecule has 1 fully saturated rings. The van der Waals surface area contributed by atoms with E-state index in [1.807, 2.05) is 29.2 Å². The van der Waals surface area contributed by atoms with Crippen molar-refractivity contribution in [3.05, 3.63) is 65.2 Å². The molecule has 1 aliphatic heterocycles. The maximum Gasteiger partial charge on any atom is 0.339 e. The summed E-state index contributed by atoms with van der Waals surface area (Å²) >= 11 is 1.53. The van der Waals surface area contributed by atoms with Crippen LogP contribution in [0.4, 0.5) is 0 Å². The first-order valence-corrected chi connectivity index (χ1v) is 11.3. The molecule has 2 aromatic carbocycles. The SMILES string of the molecule is CC[C@H]1CCCCN1C(=O)COC(=O)c1ccccc1SCc1ccc(C#N)cc1. The standard InChI is InChI=1S/C24H26N2O3S/c1-2-20-7-5-6-14-26(20)23(27)16-29-24(28)21-8-3-4-9-22(21)30-17-19-12-10-18(15-25)11-13-19/h3-4,8-13,20H,2,5-7,14,16-17H2,1H3/t20-/m0/s1. The monoisotopic (exact) mass is 422 g/mol. The van der Waals surface area contributed by atoms with Gasteiger partial charge in [0.25, 0.3) is 5.91 Å². The molecule has 30 heavy (non-hydrogen) atoms. The molecule has 0 radical (unpaired) electrons. The zero-order valence-electron chi connectivity index (χ0n) is 17.2. The number of rotatable bonds is 7. The summed E-state index contributed by atoms with van der Waals surface area (Å²) in [7, 11) is 0. The molecule has 0 unspecified atom stereocenters. The Labute approximate surface area is 182 Å². The third-order valence-electron chi connectivity index (χ3n) is 5.33. The first kappa shape index (κ1) is 21.9. The smallest absolute Gasteiger partial charge is 0.339 e. The van der Waals surface area contributed by atoms with Crippen LogP contribution in [0.15, 0.2) is 53.4 Å². The van der Waals surface area contributed by atoms with E-state index < -0.39 is 5.97 Å². The second-order valence-electron chi connectivity index (χ2n) is 7.31. The second-order valence-corrected chi connectivity index (χ2v) is 8.33. The summed E-state index contributed by atoms with van der Waals surface area (Å²) in [5, 5.41) is 8.90. The number of thioether (sulfide) groups is 1. The summed E-state index contributed by atoms with van der Waals surface area (Å²) in [6.07, 6.45) is 4.09. The minimum absolute atomic E-state index is 0.113. The molecule has 0 N–H and O–H groups in total. The van der Waals surface area contributed by atoms with Crippen molar-refractivity contribution in [2.45, 2.75) is 49.3 Å². The van der Waals surface area contributed by atoms with E-state index in [0.29, 0.717) is 16.9 Å². The highest BCUT2D eigenvalue weighted by atomic mass is 32.2. The fraction of sp³-hybridized carbons (Fsp3) is 0.375. The molecule has 6 heteroatoms. The van der Waals surface area contributed by atoms with Gasteiger partial charge in [0.15, 0.2) is 6.61 Å². The number of carbonyl (C=O) groups is 2. The fourth-order valence-electron chi connectivity index (χ4n) is 3.64. The third kappa shape index (κ3) is 5.64. The minimum atomic E-state index is -0.476. The van der Waals surface area contributed by atoms with Gasteiger partial charge in [0.05, 0.1) is 17.2 Å². The third-order valence-corrected chi connectivity index (χ3v) is 6.47. The number of amides is 1. The van der Waals surface area contributed by atoms with Crippen molar-refractivity contribution in [2.75, 3.05) is 13.2 Å². The molecule has 156 valence electrons. The molecule has 2 aromatic rings. The van der Waals surface area contributed by atoms with Crippen LogP contribution in [0.3, 0.4) is 0 Å². The van der Waals surface area contributed by atoms with Gasteiger partial charge < -0.3 is 9.64 Å². The lowest BCUT2D eigenvalue weighted by Gasteiger charge is -2.35. The molecule has 1 amide bonds. The molecule has 5 nitrogen and oxygen atoms in total. The Bertz CT molecular complexity index is 921. The van der Waals surface area contributed by atoms with E-state index in [2.05, 4.69) is 13.0 Å². The first-order valence-electron chi connectivity index (χ1n) is 10.3. The number of likely N-dealkylation sites (tertiary alicyclic amines) is 1. The predicted molar refractivity (Wildman–Crippen MR) is 117 cm³/mol. The molecule has 0 bridgehead atoms. The van der Waals surface area contributed by atoms with Crippen LogP contribution in [0, 0.1) is 11.3 Å². The Balaban J connectivity index is 1.59. The summed E-state index contributed by atoms with van der Waals surface area (Å²) in [5.74, 6) is 0.0786. The van der Waals surface area contributed by atoms with E-state index in [1.165, 1.54) is 11.8 Å². The van der Waals surface area contributed by atoms with Crippen LogP contribution in [-0.4, -0.2) is 36.0 Å². The molecular formula is C24H26N2O3S. The topological polar surface area (TPSA) is 70.4 Å². The lowest BCUT2D eigenvalue weighted by Crippen LogP contribution is -2.45. The van der Waals surface area contributed by atoms with Gasteiger partial charge >= 0.3 is 5.97 Å². The van der Waals surface area contributed by atoms with Gasteiger partial charge in [-0.25, -0.2) is 4.79 Å². The van der Waals surface area contributed by atoms with Gasteiger partial charge in [-0.15, -0.1) is 11.8 Å². The number of esters is 1. The van der Waals surface area contributed by atoms with Crippen LogP contribution in [-0.2, 0) is 15.3 Å². The Morgan fingerprint density at radius 1 is 1.17 bits per heavy atom. The van der Waals surface area contributed by atoms with E-state index in [9.17, 15) is 9.59 Å². The average Bonchev–Trinajstić information content (AvgIpc) is 2.81. The second kappa shape index (κ2) is 10.8. The maximum atomic E-state index is 12.7. The summed E-state index contributed by atoms with van der Waals surface area (Å²) < 4.78 is 5.38. The lowest BCUT2D eigenvalue weighted by molar-refractivity contribution is -0.138. The highest BCUT2D eigenvalue weighted by Gasteiger charge is 2.26. The Kier molecular flexibility index (Phi) is 7.92. The first-order chi connectivity index (χ1) is 14.6. The van der Waals surface area contributed by atoms with Gasteiger partial charge in [-0.1, -0.05) is 31.2 Å². The van der Waals surface area contributed by atoms with E-state index in [-0.39, 0.29) is 18.6 Å².